The van der Waals surface area contributed by atoms with Crippen LogP contribution in [0.5, 0.6) is 0 Å². The molecule has 1 unspecified atom stereocenters. The third-order valence-corrected chi connectivity index (χ3v) is 5.94. The second-order valence-corrected chi connectivity index (χ2v) is 7.51. The van der Waals surface area contributed by atoms with Crippen LogP contribution >= 0.6 is 22.4 Å². The van der Waals surface area contributed by atoms with E-state index in [1.54, 1.807) is 30.3 Å². The molecule has 4 nitrogen and oxygen atoms in total. The fourth-order valence-electron chi connectivity index (χ4n) is 2.13. The molecule has 0 aromatic heterocycles. The van der Waals surface area contributed by atoms with Crippen LogP contribution in [-0.2, 0) is 3.74 Å². The molecule has 2 aromatic rings. The maximum absolute atomic E-state index is 11.1. The van der Waals surface area contributed by atoms with Crippen molar-refractivity contribution in [2.45, 2.75) is 4.90 Å². The minimum Gasteiger partial charge on any atom is -0.182 e. The van der Waals surface area contributed by atoms with Crippen LogP contribution in [0.3, 0.4) is 0 Å². The van der Waals surface area contributed by atoms with E-state index in [9.17, 15) is 14.0 Å². The van der Waals surface area contributed by atoms with Crippen molar-refractivity contribution in [2.75, 3.05) is 0 Å². The van der Waals surface area contributed by atoms with Gasteiger partial charge in [0.1, 0.15) is 14.5 Å². The summed E-state index contributed by atoms with van der Waals surface area (Å²) in [7, 11) is -5.92. The lowest BCUT2D eigenvalue weighted by molar-refractivity contribution is -1.91. The highest BCUT2D eigenvalue weighted by molar-refractivity contribution is 8.12. The van der Waals surface area contributed by atoms with Crippen LogP contribution in [0, 0.1) is 10.2 Å². The highest BCUT2D eigenvalue weighted by Gasteiger charge is 2.31. The Kier molecular flexibility index (Phi) is 4.38. The van der Waals surface area contributed by atoms with E-state index < -0.39 is 21.0 Å². The second-order valence-electron chi connectivity index (χ2n) is 4.43. The first-order chi connectivity index (χ1) is 10.5. The molecule has 114 valence electrons. The maximum Gasteiger partial charge on any atom is 0.148 e. The van der Waals surface area contributed by atoms with E-state index in [1.807, 2.05) is 30.3 Å². The molecular formula is C15H10Cl2O4S. The van der Waals surface area contributed by atoms with E-state index in [1.165, 1.54) is 0 Å². The predicted molar refractivity (Wildman–Crippen MR) is 77.8 cm³/mol. The van der Waals surface area contributed by atoms with Crippen molar-refractivity contribution in [3.63, 3.8) is 0 Å². The van der Waals surface area contributed by atoms with Gasteiger partial charge < -0.3 is 0 Å². The maximum atomic E-state index is 11.1. The SMILES string of the molecule is [O-][Cl+3]([O-])([O-])OS1=C(c2ccccc2)C=C(Cl)c2ccccc21. The molecule has 1 aliphatic rings. The summed E-state index contributed by atoms with van der Waals surface area (Å²) in [5.41, 5.74) is 1.41. The van der Waals surface area contributed by atoms with E-state index in [2.05, 4.69) is 0 Å². The summed E-state index contributed by atoms with van der Waals surface area (Å²) in [5.74, 6) is 0. The Balaban J connectivity index is 2.25. The van der Waals surface area contributed by atoms with Gasteiger partial charge in [-0.3, -0.25) is 0 Å². The summed E-state index contributed by atoms with van der Waals surface area (Å²) < 4.78 is 38.1. The van der Waals surface area contributed by atoms with Gasteiger partial charge in [-0.15, -0.1) is 0 Å². The number of rotatable bonds is 3. The first kappa shape index (κ1) is 15.7. The van der Waals surface area contributed by atoms with Gasteiger partial charge >= 0.3 is 0 Å². The third kappa shape index (κ3) is 3.26. The number of benzene rings is 2. The molecule has 0 spiro atoms. The molecule has 0 saturated carbocycles. The van der Waals surface area contributed by atoms with Crippen molar-refractivity contribution in [2.24, 2.45) is 0 Å². The monoisotopic (exact) mass is 356 g/mol. The largest absolute Gasteiger partial charge is 0.182 e. The van der Waals surface area contributed by atoms with Crippen molar-refractivity contribution >= 4 is 32.3 Å². The van der Waals surface area contributed by atoms with Gasteiger partial charge in [0.2, 0.25) is 0 Å². The van der Waals surface area contributed by atoms with E-state index in [-0.39, 0.29) is 0 Å². The standard InChI is InChI=1S/C15H10Cl2O4S/c16-13-10-15(11-6-2-1-3-7-11)22(21-17(18,19)20)14-9-5-4-8-12(13)14/h1-10H. The lowest BCUT2D eigenvalue weighted by atomic mass is 10.1. The molecule has 0 bridgehead atoms. The second kappa shape index (κ2) is 6.14. The van der Waals surface area contributed by atoms with Gasteiger partial charge in [0.05, 0.1) is 25.0 Å². The van der Waals surface area contributed by atoms with Gasteiger partial charge in [0.15, 0.2) is 0 Å². The van der Waals surface area contributed by atoms with Crippen molar-refractivity contribution in [1.82, 2.24) is 0 Å². The molecule has 1 aliphatic heterocycles. The third-order valence-electron chi connectivity index (χ3n) is 3.00. The lowest BCUT2D eigenvalue weighted by Gasteiger charge is -2.20. The number of halogens is 2. The normalized spacial score (nSPS) is 17.9. The van der Waals surface area contributed by atoms with Gasteiger partial charge in [-0.05, 0) is 17.7 Å². The van der Waals surface area contributed by atoms with Crippen LogP contribution in [0.1, 0.15) is 11.1 Å². The number of hydrogen-bond donors (Lipinski definition) is 0. The van der Waals surface area contributed by atoms with Gasteiger partial charge in [-0.1, -0.05) is 60.1 Å². The molecule has 1 atom stereocenters. The van der Waals surface area contributed by atoms with Crippen LogP contribution in [0.25, 0.3) is 5.03 Å². The Hall–Kier alpha value is -1.18. The fraction of sp³-hybridized carbons (Fsp3) is 0. The predicted octanol–water partition coefficient (Wildman–Crippen LogP) is 0.957. The first-order valence-electron chi connectivity index (χ1n) is 6.20. The molecule has 0 amide bonds. The topological polar surface area (TPSA) is 78.4 Å². The van der Waals surface area contributed by atoms with Gasteiger partial charge in [0, 0.05) is 5.56 Å². The van der Waals surface area contributed by atoms with E-state index >= 15 is 0 Å². The number of fused-ring (bicyclic) bond motifs is 1. The zero-order valence-electron chi connectivity index (χ0n) is 11.1. The van der Waals surface area contributed by atoms with Crippen molar-refractivity contribution in [1.29, 1.82) is 0 Å². The van der Waals surface area contributed by atoms with Crippen LogP contribution < -0.4 is 14.0 Å². The summed E-state index contributed by atoms with van der Waals surface area (Å²) in [6.07, 6.45) is 1.64. The molecule has 0 radical (unpaired) electrons. The Morgan fingerprint density at radius 2 is 1.55 bits per heavy atom. The molecule has 0 aliphatic carbocycles. The average Bonchev–Trinajstić information content (AvgIpc) is 2.50. The summed E-state index contributed by atoms with van der Waals surface area (Å²) in [6, 6.07) is 16.1. The van der Waals surface area contributed by atoms with E-state index in [0.717, 1.165) is 5.56 Å². The van der Waals surface area contributed by atoms with Gasteiger partial charge in [-0.25, -0.2) is 0 Å². The minimum absolute atomic E-state index is 0.474. The van der Waals surface area contributed by atoms with Crippen LogP contribution in [0.2, 0.25) is 0 Å². The molecule has 1 heterocycles. The zero-order chi connectivity index (χ0) is 15.7. The summed E-state index contributed by atoms with van der Waals surface area (Å²) >= 11 is 6.29. The molecule has 0 saturated heterocycles. The Morgan fingerprint density at radius 3 is 2.23 bits per heavy atom. The first-order valence-corrected chi connectivity index (χ1v) is 8.96. The van der Waals surface area contributed by atoms with Gasteiger partial charge in [-0.2, -0.15) is 14.0 Å². The zero-order valence-corrected chi connectivity index (χ0v) is 13.4. The van der Waals surface area contributed by atoms with E-state index in [0.29, 0.717) is 20.4 Å². The van der Waals surface area contributed by atoms with Crippen LogP contribution in [0.15, 0.2) is 65.6 Å². The molecule has 7 heteroatoms. The molecule has 3 rings (SSSR count). The van der Waals surface area contributed by atoms with Gasteiger partial charge in [0.25, 0.3) is 0 Å². The van der Waals surface area contributed by atoms with Crippen LogP contribution in [0.4, 0.5) is 0 Å². The average molecular weight is 357 g/mol. The molecule has 2 aromatic carbocycles. The summed E-state index contributed by atoms with van der Waals surface area (Å²) in [6.45, 7) is 0. The molecule has 22 heavy (non-hydrogen) atoms. The number of allylic oxidation sites excluding steroid dienone is 1. The smallest absolute Gasteiger partial charge is 0.148 e. The Labute approximate surface area is 137 Å². The van der Waals surface area contributed by atoms with Crippen molar-refractivity contribution < 1.29 is 28.0 Å². The molecular weight excluding hydrogens is 347 g/mol. The summed E-state index contributed by atoms with van der Waals surface area (Å²) in [4.78, 5) is 1.12. The number of hydrogen-bond acceptors (Lipinski definition) is 4. The highest BCUT2D eigenvalue weighted by atomic mass is 35.7. The molecule has 0 N–H and O–H groups in total. The quantitative estimate of drug-likeness (QED) is 0.767. The lowest BCUT2D eigenvalue weighted by Crippen LogP contribution is -2.60. The highest BCUT2D eigenvalue weighted by Crippen LogP contribution is 2.43. The summed E-state index contributed by atoms with van der Waals surface area (Å²) in [5, 5.41) is 0.474. The van der Waals surface area contributed by atoms with Crippen molar-refractivity contribution in [3.05, 3.63) is 71.8 Å². The minimum atomic E-state index is -4.56. The fourth-order valence-corrected chi connectivity index (χ4v) is 5.07. The van der Waals surface area contributed by atoms with E-state index in [4.69, 9.17) is 15.3 Å². The van der Waals surface area contributed by atoms with Crippen molar-refractivity contribution in [3.8, 4) is 0 Å². The Morgan fingerprint density at radius 1 is 0.909 bits per heavy atom. The molecule has 0 fully saturated rings. The Bertz CT molecular complexity index is 767. The van der Waals surface area contributed by atoms with Crippen LogP contribution in [-0.4, -0.2) is 4.86 Å².